The van der Waals surface area contributed by atoms with E-state index >= 15 is 0 Å². The second-order valence-corrected chi connectivity index (χ2v) is 5.52. The van der Waals surface area contributed by atoms with Crippen LogP contribution in [0.1, 0.15) is 24.0 Å². The monoisotopic (exact) mass is 245 g/mol. The lowest BCUT2D eigenvalue weighted by atomic mass is 9.95. The van der Waals surface area contributed by atoms with Crippen molar-refractivity contribution in [1.82, 2.24) is 5.32 Å². The fourth-order valence-electron chi connectivity index (χ4n) is 2.81. The molecule has 0 amide bonds. The van der Waals surface area contributed by atoms with Gasteiger partial charge in [0.05, 0.1) is 7.11 Å². The Morgan fingerprint density at radius 3 is 2.44 bits per heavy atom. The Labute approximate surface area is 108 Å². The molecule has 0 spiro atoms. The highest BCUT2D eigenvalue weighted by atomic mass is 16.5. The number of nitrogens with one attached hydrogen (secondary N) is 1. The Balaban J connectivity index is 1.81. The molecule has 3 rings (SSSR count). The van der Waals surface area contributed by atoms with Gasteiger partial charge in [0.1, 0.15) is 5.54 Å². The van der Waals surface area contributed by atoms with Gasteiger partial charge in [0.15, 0.2) is 0 Å². The SMILES string of the molecule is COC(=O)C1(NCC2CC2)Cc2ccccc2C1. The van der Waals surface area contributed by atoms with Crippen molar-refractivity contribution in [2.75, 3.05) is 13.7 Å². The molecule has 1 fully saturated rings. The Bertz CT molecular complexity index is 440. The molecule has 1 aromatic carbocycles. The quantitative estimate of drug-likeness (QED) is 0.820. The van der Waals surface area contributed by atoms with Gasteiger partial charge in [0.25, 0.3) is 0 Å². The highest BCUT2D eigenvalue weighted by Crippen LogP contribution is 2.33. The minimum Gasteiger partial charge on any atom is -0.468 e. The molecule has 2 aliphatic rings. The zero-order valence-electron chi connectivity index (χ0n) is 10.7. The van der Waals surface area contributed by atoms with Gasteiger partial charge in [-0.25, -0.2) is 0 Å². The van der Waals surface area contributed by atoms with Gasteiger partial charge in [-0.1, -0.05) is 24.3 Å². The standard InChI is InChI=1S/C15H19NO2/c1-18-14(17)15(16-10-11-6-7-11)8-12-4-2-3-5-13(12)9-15/h2-5,11,16H,6-10H2,1H3. The smallest absolute Gasteiger partial charge is 0.326 e. The van der Waals surface area contributed by atoms with E-state index in [0.29, 0.717) is 0 Å². The third kappa shape index (κ3) is 2.03. The number of benzene rings is 1. The Morgan fingerprint density at radius 1 is 1.33 bits per heavy atom. The largest absolute Gasteiger partial charge is 0.468 e. The van der Waals surface area contributed by atoms with Crippen molar-refractivity contribution < 1.29 is 9.53 Å². The van der Waals surface area contributed by atoms with Crippen molar-refractivity contribution in [3.63, 3.8) is 0 Å². The predicted molar refractivity (Wildman–Crippen MR) is 69.3 cm³/mol. The van der Waals surface area contributed by atoms with Crippen molar-refractivity contribution in [2.24, 2.45) is 5.92 Å². The van der Waals surface area contributed by atoms with Crippen LogP contribution in [-0.2, 0) is 22.4 Å². The summed E-state index contributed by atoms with van der Waals surface area (Å²) in [4.78, 5) is 12.2. The number of methoxy groups -OCH3 is 1. The van der Waals surface area contributed by atoms with Gasteiger partial charge in [0.2, 0.25) is 0 Å². The van der Waals surface area contributed by atoms with E-state index in [1.807, 2.05) is 12.1 Å². The van der Waals surface area contributed by atoms with E-state index in [0.717, 1.165) is 25.3 Å². The van der Waals surface area contributed by atoms with Crippen LogP contribution in [0.4, 0.5) is 0 Å². The zero-order valence-corrected chi connectivity index (χ0v) is 10.7. The number of hydrogen-bond donors (Lipinski definition) is 1. The van der Waals surface area contributed by atoms with Crippen LogP contribution < -0.4 is 5.32 Å². The van der Waals surface area contributed by atoms with Crippen LogP contribution in [0.15, 0.2) is 24.3 Å². The number of fused-ring (bicyclic) bond motifs is 1. The van der Waals surface area contributed by atoms with Gasteiger partial charge >= 0.3 is 5.97 Å². The molecule has 0 bridgehead atoms. The Morgan fingerprint density at radius 2 is 1.94 bits per heavy atom. The Hall–Kier alpha value is -1.35. The molecule has 3 nitrogen and oxygen atoms in total. The van der Waals surface area contributed by atoms with Gasteiger partial charge in [-0.3, -0.25) is 4.79 Å². The molecule has 1 aromatic rings. The molecular weight excluding hydrogens is 226 g/mol. The van der Waals surface area contributed by atoms with Crippen molar-refractivity contribution >= 4 is 5.97 Å². The molecule has 1 saturated carbocycles. The average Bonchev–Trinajstić information content (AvgIpc) is 3.14. The van der Waals surface area contributed by atoms with Crippen LogP contribution in [0.25, 0.3) is 0 Å². The van der Waals surface area contributed by atoms with Crippen LogP contribution in [0.2, 0.25) is 0 Å². The van der Waals surface area contributed by atoms with Gasteiger partial charge < -0.3 is 10.1 Å². The third-order valence-electron chi connectivity index (χ3n) is 4.11. The van der Waals surface area contributed by atoms with Gasteiger partial charge in [-0.15, -0.1) is 0 Å². The van der Waals surface area contributed by atoms with E-state index < -0.39 is 5.54 Å². The van der Waals surface area contributed by atoms with Crippen LogP contribution >= 0.6 is 0 Å². The van der Waals surface area contributed by atoms with E-state index in [9.17, 15) is 4.79 Å². The van der Waals surface area contributed by atoms with Crippen molar-refractivity contribution in [3.8, 4) is 0 Å². The maximum absolute atomic E-state index is 12.2. The highest BCUT2D eigenvalue weighted by Gasteiger charge is 2.45. The lowest BCUT2D eigenvalue weighted by Crippen LogP contribution is -2.54. The van der Waals surface area contributed by atoms with E-state index in [-0.39, 0.29) is 5.97 Å². The first-order valence-corrected chi connectivity index (χ1v) is 6.64. The fourth-order valence-corrected chi connectivity index (χ4v) is 2.81. The van der Waals surface area contributed by atoms with Crippen molar-refractivity contribution in [1.29, 1.82) is 0 Å². The summed E-state index contributed by atoms with van der Waals surface area (Å²) in [5, 5.41) is 3.48. The summed E-state index contributed by atoms with van der Waals surface area (Å²) < 4.78 is 5.02. The van der Waals surface area contributed by atoms with Crippen LogP contribution in [0.5, 0.6) is 0 Å². The maximum Gasteiger partial charge on any atom is 0.326 e. The van der Waals surface area contributed by atoms with E-state index in [1.54, 1.807) is 0 Å². The lowest BCUT2D eigenvalue weighted by molar-refractivity contribution is -0.148. The minimum atomic E-state index is -0.527. The summed E-state index contributed by atoms with van der Waals surface area (Å²) in [5.41, 5.74) is 2.01. The second-order valence-electron chi connectivity index (χ2n) is 5.52. The molecule has 3 heteroatoms. The lowest BCUT2D eigenvalue weighted by Gasteiger charge is -2.27. The molecule has 2 aliphatic carbocycles. The second kappa shape index (κ2) is 4.39. The van der Waals surface area contributed by atoms with Crippen LogP contribution in [0, 0.1) is 5.92 Å². The summed E-state index contributed by atoms with van der Waals surface area (Å²) in [6, 6.07) is 8.29. The summed E-state index contributed by atoms with van der Waals surface area (Å²) in [5.74, 6) is 0.634. The maximum atomic E-state index is 12.2. The number of rotatable bonds is 4. The molecule has 0 aliphatic heterocycles. The Kier molecular flexibility index (Phi) is 2.86. The predicted octanol–water partition coefficient (Wildman–Crippen LogP) is 1.70. The first kappa shape index (κ1) is 11.7. The number of esters is 1. The van der Waals surface area contributed by atoms with E-state index in [1.165, 1.54) is 31.1 Å². The summed E-state index contributed by atoms with van der Waals surface area (Å²) in [6.07, 6.45) is 4.08. The van der Waals surface area contributed by atoms with Gasteiger partial charge in [0, 0.05) is 12.8 Å². The highest BCUT2D eigenvalue weighted by molar-refractivity contribution is 5.83. The molecule has 0 atom stereocenters. The molecule has 0 saturated heterocycles. The first-order valence-electron chi connectivity index (χ1n) is 6.64. The molecule has 0 radical (unpaired) electrons. The zero-order chi connectivity index (χ0) is 12.6. The number of ether oxygens (including phenoxy) is 1. The summed E-state index contributed by atoms with van der Waals surface area (Å²) >= 11 is 0. The van der Waals surface area contributed by atoms with Gasteiger partial charge in [-0.05, 0) is 36.4 Å². The number of carbonyl (C=O) groups excluding carboxylic acids is 1. The third-order valence-corrected chi connectivity index (χ3v) is 4.11. The topological polar surface area (TPSA) is 38.3 Å². The normalized spacial score (nSPS) is 20.5. The van der Waals surface area contributed by atoms with E-state index in [4.69, 9.17) is 4.74 Å². The fraction of sp³-hybridized carbons (Fsp3) is 0.533. The molecule has 0 heterocycles. The molecule has 96 valence electrons. The van der Waals surface area contributed by atoms with E-state index in [2.05, 4.69) is 17.4 Å². The van der Waals surface area contributed by atoms with Crippen molar-refractivity contribution in [3.05, 3.63) is 35.4 Å². The molecule has 1 N–H and O–H groups in total. The average molecular weight is 245 g/mol. The molecule has 0 aromatic heterocycles. The number of carbonyl (C=O) groups is 1. The summed E-state index contributed by atoms with van der Waals surface area (Å²) in [6.45, 7) is 0.934. The van der Waals surface area contributed by atoms with Crippen LogP contribution in [-0.4, -0.2) is 25.2 Å². The van der Waals surface area contributed by atoms with Crippen molar-refractivity contribution in [2.45, 2.75) is 31.2 Å². The van der Waals surface area contributed by atoms with Gasteiger partial charge in [-0.2, -0.15) is 0 Å². The summed E-state index contributed by atoms with van der Waals surface area (Å²) in [7, 11) is 1.48. The molecule has 18 heavy (non-hydrogen) atoms. The minimum absolute atomic E-state index is 0.126. The van der Waals surface area contributed by atoms with Crippen LogP contribution in [0.3, 0.4) is 0 Å². The molecular formula is C15H19NO2. The first-order chi connectivity index (χ1) is 8.73. The molecule has 0 unspecified atom stereocenters. The number of hydrogen-bond acceptors (Lipinski definition) is 3.